The van der Waals surface area contributed by atoms with E-state index in [-0.39, 0.29) is 24.9 Å². The number of benzene rings is 1. The maximum Gasteiger partial charge on any atom is 0.410 e. The number of piperidine rings is 1. The highest BCUT2D eigenvalue weighted by Gasteiger charge is 2.36. The summed E-state index contributed by atoms with van der Waals surface area (Å²) < 4.78 is 20.1. The Hall–Kier alpha value is -2.70. The number of nitrogens with zero attached hydrogens (tertiary/aromatic N) is 2. The summed E-state index contributed by atoms with van der Waals surface area (Å²) in [6, 6.07) is 6.66. The lowest BCUT2D eigenvalue weighted by atomic mass is 9.97. The molecule has 0 aromatic heterocycles. The molecule has 3 amide bonds. The standard InChI is InChI=1S/C21H25FN2O4/c1-13(11-24-18(25)15-7-5-6-8-16(15)19(24)26)14-9-10-23(12-17(14)22)20(27)28-21(2,3)4/h5-8,17H,9-12H2,1-4H3/b14-13+. The van der Waals surface area contributed by atoms with Gasteiger partial charge in [0.05, 0.1) is 24.2 Å². The van der Waals surface area contributed by atoms with Crippen molar-refractivity contribution in [2.24, 2.45) is 0 Å². The molecular weight excluding hydrogens is 363 g/mol. The van der Waals surface area contributed by atoms with Gasteiger partial charge in [-0.05, 0) is 51.8 Å². The molecule has 2 aliphatic heterocycles. The first-order chi connectivity index (χ1) is 13.1. The fourth-order valence-electron chi connectivity index (χ4n) is 3.50. The lowest BCUT2D eigenvalue weighted by Crippen LogP contribution is -2.45. The Labute approximate surface area is 163 Å². The first-order valence-corrected chi connectivity index (χ1v) is 9.34. The second-order valence-corrected chi connectivity index (χ2v) is 8.19. The van der Waals surface area contributed by atoms with Crippen LogP contribution in [0.3, 0.4) is 0 Å². The van der Waals surface area contributed by atoms with Gasteiger partial charge in [0.2, 0.25) is 0 Å². The van der Waals surface area contributed by atoms with E-state index < -0.39 is 17.9 Å². The van der Waals surface area contributed by atoms with Gasteiger partial charge in [-0.15, -0.1) is 0 Å². The SMILES string of the molecule is C/C(CN1C(=O)c2ccccc2C1=O)=C1/CCN(C(=O)OC(C)(C)C)CC1F. The molecule has 0 aliphatic carbocycles. The quantitative estimate of drug-likeness (QED) is 0.574. The lowest BCUT2D eigenvalue weighted by molar-refractivity contribution is 0.0184. The van der Waals surface area contributed by atoms with Gasteiger partial charge in [0.1, 0.15) is 11.8 Å². The van der Waals surface area contributed by atoms with E-state index in [4.69, 9.17) is 4.74 Å². The Balaban J connectivity index is 1.69. The van der Waals surface area contributed by atoms with Gasteiger partial charge in [0, 0.05) is 6.54 Å². The molecule has 1 aromatic carbocycles. The fourth-order valence-corrected chi connectivity index (χ4v) is 3.50. The second-order valence-electron chi connectivity index (χ2n) is 8.19. The number of imide groups is 1. The topological polar surface area (TPSA) is 66.9 Å². The van der Waals surface area contributed by atoms with E-state index in [0.29, 0.717) is 35.2 Å². The van der Waals surface area contributed by atoms with E-state index in [0.717, 1.165) is 4.90 Å². The third-order valence-electron chi connectivity index (χ3n) is 4.88. The molecule has 2 heterocycles. The second kappa shape index (κ2) is 7.37. The fraction of sp³-hybridized carbons (Fsp3) is 0.476. The number of carbonyl (C=O) groups excluding carboxylic acids is 3. The Kier molecular flexibility index (Phi) is 5.28. The van der Waals surface area contributed by atoms with Crippen LogP contribution in [0.2, 0.25) is 0 Å². The van der Waals surface area contributed by atoms with Crippen molar-refractivity contribution in [3.8, 4) is 0 Å². The van der Waals surface area contributed by atoms with Gasteiger partial charge in [-0.2, -0.15) is 0 Å². The molecule has 0 saturated carbocycles. The highest BCUT2D eigenvalue weighted by Crippen LogP contribution is 2.28. The number of hydrogen-bond donors (Lipinski definition) is 0. The van der Waals surface area contributed by atoms with Gasteiger partial charge >= 0.3 is 6.09 Å². The third-order valence-corrected chi connectivity index (χ3v) is 4.88. The van der Waals surface area contributed by atoms with Gasteiger partial charge < -0.3 is 9.64 Å². The molecule has 7 heteroatoms. The average molecular weight is 388 g/mol. The minimum Gasteiger partial charge on any atom is -0.444 e. The van der Waals surface area contributed by atoms with E-state index in [1.807, 2.05) is 0 Å². The normalized spacial score (nSPS) is 21.7. The smallest absolute Gasteiger partial charge is 0.410 e. The summed E-state index contributed by atoms with van der Waals surface area (Å²) in [5.41, 5.74) is 1.30. The summed E-state index contributed by atoms with van der Waals surface area (Å²) in [5, 5.41) is 0. The predicted octanol–water partition coefficient (Wildman–Crippen LogP) is 3.58. The minimum absolute atomic E-state index is 0.0501. The Morgan fingerprint density at radius 3 is 2.25 bits per heavy atom. The van der Waals surface area contributed by atoms with Gasteiger partial charge in [0.25, 0.3) is 11.8 Å². The number of amides is 3. The van der Waals surface area contributed by atoms with E-state index in [9.17, 15) is 18.8 Å². The molecule has 1 unspecified atom stereocenters. The summed E-state index contributed by atoms with van der Waals surface area (Å²) in [5.74, 6) is -0.718. The Morgan fingerprint density at radius 1 is 1.18 bits per heavy atom. The van der Waals surface area contributed by atoms with Crippen molar-refractivity contribution >= 4 is 17.9 Å². The molecule has 28 heavy (non-hydrogen) atoms. The summed E-state index contributed by atoms with van der Waals surface area (Å²) >= 11 is 0. The first-order valence-electron chi connectivity index (χ1n) is 9.34. The van der Waals surface area contributed by atoms with Gasteiger partial charge in [-0.25, -0.2) is 9.18 Å². The van der Waals surface area contributed by atoms with Crippen LogP contribution < -0.4 is 0 Å². The molecule has 3 rings (SSSR count). The van der Waals surface area contributed by atoms with E-state index >= 15 is 0 Å². The molecule has 2 aliphatic rings. The molecule has 1 atom stereocenters. The van der Waals surface area contributed by atoms with Crippen molar-refractivity contribution in [2.75, 3.05) is 19.6 Å². The average Bonchev–Trinajstić information content (AvgIpc) is 2.85. The highest BCUT2D eigenvalue weighted by molar-refractivity contribution is 6.21. The van der Waals surface area contributed by atoms with Crippen LogP contribution >= 0.6 is 0 Å². The Morgan fingerprint density at radius 2 is 1.75 bits per heavy atom. The van der Waals surface area contributed by atoms with Crippen LogP contribution in [0.4, 0.5) is 9.18 Å². The number of fused-ring (bicyclic) bond motifs is 1. The molecular formula is C21H25FN2O4. The number of carbonyl (C=O) groups is 3. The Bertz CT molecular complexity index is 821. The summed E-state index contributed by atoms with van der Waals surface area (Å²) in [7, 11) is 0. The zero-order valence-corrected chi connectivity index (χ0v) is 16.6. The summed E-state index contributed by atoms with van der Waals surface area (Å²) in [6.07, 6.45) is -1.54. The molecule has 1 saturated heterocycles. The first kappa shape index (κ1) is 20.0. The predicted molar refractivity (Wildman–Crippen MR) is 102 cm³/mol. The molecule has 0 N–H and O–H groups in total. The molecule has 0 bridgehead atoms. The molecule has 0 spiro atoms. The van der Waals surface area contributed by atoms with Crippen LogP contribution in [0.5, 0.6) is 0 Å². The third kappa shape index (κ3) is 3.93. The van der Waals surface area contributed by atoms with Crippen molar-refractivity contribution in [3.05, 3.63) is 46.5 Å². The highest BCUT2D eigenvalue weighted by atomic mass is 19.1. The number of hydrogen-bond acceptors (Lipinski definition) is 4. The number of rotatable bonds is 2. The number of likely N-dealkylation sites (tertiary alicyclic amines) is 1. The number of alkyl halides is 1. The van der Waals surface area contributed by atoms with Gasteiger partial charge in [0.15, 0.2) is 0 Å². The molecule has 6 nitrogen and oxygen atoms in total. The van der Waals surface area contributed by atoms with Crippen LogP contribution in [0.15, 0.2) is 35.4 Å². The van der Waals surface area contributed by atoms with Crippen LogP contribution in [-0.2, 0) is 4.74 Å². The zero-order chi connectivity index (χ0) is 20.6. The van der Waals surface area contributed by atoms with Crippen molar-refractivity contribution in [2.45, 2.75) is 45.9 Å². The van der Waals surface area contributed by atoms with Crippen LogP contribution in [-0.4, -0.2) is 59.1 Å². The zero-order valence-electron chi connectivity index (χ0n) is 16.6. The van der Waals surface area contributed by atoms with Crippen LogP contribution in [0.25, 0.3) is 0 Å². The number of ether oxygens (including phenoxy) is 1. The number of halogens is 1. The van der Waals surface area contributed by atoms with Gasteiger partial charge in [-0.3, -0.25) is 14.5 Å². The minimum atomic E-state index is -1.35. The summed E-state index contributed by atoms with van der Waals surface area (Å²) in [4.78, 5) is 39.7. The van der Waals surface area contributed by atoms with E-state index in [1.54, 1.807) is 52.0 Å². The summed E-state index contributed by atoms with van der Waals surface area (Å²) in [6.45, 7) is 7.31. The van der Waals surface area contributed by atoms with Crippen LogP contribution in [0, 0.1) is 0 Å². The van der Waals surface area contributed by atoms with Crippen molar-refractivity contribution in [3.63, 3.8) is 0 Å². The maximum atomic E-state index is 14.8. The van der Waals surface area contributed by atoms with Crippen LogP contribution in [0.1, 0.15) is 54.8 Å². The van der Waals surface area contributed by atoms with Crippen molar-refractivity contribution in [1.29, 1.82) is 0 Å². The maximum absolute atomic E-state index is 14.8. The largest absolute Gasteiger partial charge is 0.444 e. The monoisotopic (exact) mass is 388 g/mol. The molecule has 1 fully saturated rings. The van der Waals surface area contributed by atoms with Crippen molar-refractivity contribution < 1.29 is 23.5 Å². The molecule has 1 aromatic rings. The van der Waals surface area contributed by atoms with Crippen molar-refractivity contribution in [1.82, 2.24) is 9.80 Å². The molecule has 150 valence electrons. The van der Waals surface area contributed by atoms with E-state index in [1.165, 1.54) is 4.90 Å². The van der Waals surface area contributed by atoms with E-state index in [2.05, 4.69) is 0 Å². The van der Waals surface area contributed by atoms with Gasteiger partial charge in [-0.1, -0.05) is 17.7 Å². The lowest BCUT2D eigenvalue weighted by Gasteiger charge is -2.33. The molecule has 0 radical (unpaired) electrons.